The number of nitrogens with zero attached hydrogens (tertiary/aromatic N) is 1. The average molecular weight is 311 g/mol. The van der Waals surface area contributed by atoms with Crippen LogP contribution in [0.25, 0.3) is 0 Å². The number of ether oxygens (including phenoxy) is 3. The summed E-state index contributed by atoms with van der Waals surface area (Å²) in [5, 5.41) is 9.01. The lowest BCUT2D eigenvalue weighted by molar-refractivity contribution is -0.152. The highest BCUT2D eigenvalue weighted by atomic mass is 16.6. The first-order valence-corrected chi connectivity index (χ1v) is 7.09. The largest absolute Gasteiger partial charge is 0.497 e. The molecule has 2 rings (SSSR count). The Morgan fingerprint density at radius 1 is 1.17 bits per heavy atom. The molecule has 1 unspecified atom stereocenters. The molecule has 0 radical (unpaired) electrons. The Balaban J connectivity index is 1.91. The third kappa shape index (κ3) is 4.48. The molecule has 0 aliphatic carbocycles. The minimum absolute atomic E-state index is 0.149. The molecule has 0 fully saturated rings. The van der Waals surface area contributed by atoms with Crippen LogP contribution in [-0.2, 0) is 16.1 Å². The van der Waals surface area contributed by atoms with Gasteiger partial charge in [0.25, 0.3) is 0 Å². The van der Waals surface area contributed by atoms with Gasteiger partial charge in [-0.3, -0.25) is 0 Å². The van der Waals surface area contributed by atoms with Crippen LogP contribution in [0.3, 0.4) is 0 Å². The zero-order valence-electron chi connectivity index (χ0n) is 13.0. The minimum atomic E-state index is -0.803. The van der Waals surface area contributed by atoms with Crippen molar-refractivity contribution in [2.75, 3.05) is 7.11 Å². The highest BCUT2D eigenvalue weighted by molar-refractivity contribution is 5.74. The average Bonchev–Trinajstić information content (AvgIpc) is 2.60. The number of hydrogen-bond donors (Lipinski definition) is 0. The van der Waals surface area contributed by atoms with Crippen molar-refractivity contribution in [1.29, 1.82) is 5.26 Å². The van der Waals surface area contributed by atoms with E-state index in [9.17, 15) is 4.79 Å². The summed E-state index contributed by atoms with van der Waals surface area (Å²) >= 11 is 0. The van der Waals surface area contributed by atoms with Gasteiger partial charge >= 0.3 is 5.97 Å². The van der Waals surface area contributed by atoms with E-state index in [-0.39, 0.29) is 6.61 Å². The van der Waals surface area contributed by atoms with Crippen LogP contribution in [0.2, 0.25) is 0 Å². The van der Waals surface area contributed by atoms with Gasteiger partial charge in [-0.1, -0.05) is 24.3 Å². The highest BCUT2D eigenvalue weighted by Gasteiger charge is 2.17. The number of carbonyl (C=O) groups is 1. The Bertz CT molecular complexity index is 704. The van der Waals surface area contributed by atoms with Crippen LogP contribution >= 0.6 is 0 Å². The van der Waals surface area contributed by atoms with E-state index in [0.717, 1.165) is 11.3 Å². The second kappa shape index (κ2) is 7.85. The first kappa shape index (κ1) is 16.4. The molecule has 0 aliphatic heterocycles. The molecule has 0 bridgehead atoms. The molecule has 0 aliphatic rings. The fourth-order valence-electron chi connectivity index (χ4n) is 1.89. The summed E-state index contributed by atoms with van der Waals surface area (Å²) in [5.41, 5.74) is 1.23. The Hall–Kier alpha value is -3.00. The molecule has 5 nitrogen and oxygen atoms in total. The molecular weight excluding hydrogens is 294 g/mol. The number of nitriles is 1. The summed E-state index contributed by atoms with van der Waals surface area (Å²) in [4.78, 5) is 12.0. The maximum atomic E-state index is 12.0. The third-order valence-corrected chi connectivity index (χ3v) is 3.18. The predicted molar refractivity (Wildman–Crippen MR) is 84.0 cm³/mol. The van der Waals surface area contributed by atoms with Gasteiger partial charge in [-0.25, -0.2) is 4.79 Å². The van der Waals surface area contributed by atoms with E-state index >= 15 is 0 Å². The topological polar surface area (TPSA) is 68.6 Å². The maximum absolute atomic E-state index is 12.0. The molecule has 23 heavy (non-hydrogen) atoms. The van der Waals surface area contributed by atoms with E-state index in [4.69, 9.17) is 19.5 Å². The van der Waals surface area contributed by atoms with E-state index in [1.807, 2.05) is 18.2 Å². The van der Waals surface area contributed by atoms with Crippen molar-refractivity contribution in [1.82, 2.24) is 0 Å². The van der Waals surface area contributed by atoms with Crippen molar-refractivity contribution in [2.24, 2.45) is 0 Å². The van der Waals surface area contributed by atoms with Gasteiger partial charge in [0.2, 0.25) is 0 Å². The van der Waals surface area contributed by atoms with Crippen LogP contribution in [0.5, 0.6) is 11.5 Å². The summed E-state index contributed by atoms with van der Waals surface area (Å²) in [6, 6.07) is 16.0. The SMILES string of the molecule is COc1ccc(COC(=O)C(C)Oc2ccccc2C#N)cc1. The van der Waals surface area contributed by atoms with Crippen LogP contribution < -0.4 is 9.47 Å². The molecule has 2 aromatic rings. The number of esters is 1. The molecule has 2 aromatic carbocycles. The second-order valence-corrected chi connectivity index (χ2v) is 4.82. The van der Waals surface area contributed by atoms with Crippen LogP contribution in [0, 0.1) is 11.3 Å². The molecule has 1 atom stereocenters. The smallest absolute Gasteiger partial charge is 0.347 e. The summed E-state index contributed by atoms with van der Waals surface area (Å²) in [6.45, 7) is 1.74. The predicted octanol–water partition coefficient (Wildman–Crippen LogP) is 3.08. The first-order valence-electron chi connectivity index (χ1n) is 7.09. The summed E-state index contributed by atoms with van der Waals surface area (Å²) in [6.07, 6.45) is -0.803. The van der Waals surface area contributed by atoms with Crippen LogP contribution in [0.1, 0.15) is 18.1 Å². The van der Waals surface area contributed by atoms with E-state index in [0.29, 0.717) is 11.3 Å². The lowest BCUT2D eigenvalue weighted by Crippen LogP contribution is -2.26. The van der Waals surface area contributed by atoms with E-state index < -0.39 is 12.1 Å². The number of carbonyl (C=O) groups excluding carboxylic acids is 1. The number of rotatable bonds is 6. The molecule has 0 N–H and O–H groups in total. The number of methoxy groups -OCH3 is 1. The standard InChI is InChI=1S/C18H17NO4/c1-13(23-17-6-4-3-5-15(17)11-19)18(20)22-12-14-7-9-16(21-2)10-8-14/h3-10,13H,12H2,1-2H3. The lowest BCUT2D eigenvalue weighted by Gasteiger charge is -2.15. The Morgan fingerprint density at radius 3 is 2.52 bits per heavy atom. The first-order chi connectivity index (χ1) is 11.1. The zero-order chi connectivity index (χ0) is 16.7. The van der Waals surface area contributed by atoms with Gasteiger partial charge in [-0.15, -0.1) is 0 Å². The van der Waals surface area contributed by atoms with Gasteiger partial charge < -0.3 is 14.2 Å². The summed E-state index contributed by atoms with van der Waals surface area (Å²) in [5.74, 6) is 0.613. The maximum Gasteiger partial charge on any atom is 0.347 e. The van der Waals surface area contributed by atoms with Crippen molar-refractivity contribution in [2.45, 2.75) is 19.6 Å². The molecule has 0 heterocycles. The quantitative estimate of drug-likeness (QED) is 0.767. The van der Waals surface area contributed by atoms with Gasteiger partial charge in [0.05, 0.1) is 12.7 Å². The van der Waals surface area contributed by atoms with Gasteiger partial charge in [0, 0.05) is 0 Å². The fraction of sp³-hybridized carbons (Fsp3) is 0.222. The molecule has 5 heteroatoms. The fourth-order valence-corrected chi connectivity index (χ4v) is 1.89. The van der Waals surface area contributed by atoms with Gasteiger partial charge in [0.15, 0.2) is 6.10 Å². The third-order valence-electron chi connectivity index (χ3n) is 3.18. The minimum Gasteiger partial charge on any atom is -0.497 e. The van der Waals surface area contributed by atoms with Crippen LogP contribution in [0.4, 0.5) is 0 Å². The highest BCUT2D eigenvalue weighted by Crippen LogP contribution is 2.19. The monoisotopic (exact) mass is 311 g/mol. The molecular formula is C18H17NO4. The van der Waals surface area contributed by atoms with Crippen LogP contribution in [0.15, 0.2) is 48.5 Å². The molecule has 0 aromatic heterocycles. The normalized spacial score (nSPS) is 11.2. The van der Waals surface area contributed by atoms with Gasteiger partial charge in [-0.2, -0.15) is 5.26 Å². The zero-order valence-corrected chi connectivity index (χ0v) is 13.0. The van der Waals surface area contributed by atoms with Crippen LogP contribution in [-0.4, -0.2) is 19.2 Å². The number of benzene rings is 2. The van der Waals surface area contributed by atoms with Gasteiger partial charge in [0.1, 0.15) is 24.2 Å². The molecule has 0 spiro atoms. The molecule has 0 saturated carbocycles. The Labute approximate surface area is 135 Å². The van der Waals surface area contributed by atoms with Crippen molar-refractivity contribution >= 4 is 5.97 Å². The summed E-state index contributed by atoms with van der Waals surface area (Å²) in [7, 11) is 1.59. The lowest BCUT2D eigenvalue weighted by atomic mass is 10.2. The molecule has 0 saturated heterocycles. The van der Waals surface area contributed by atoms with E-state index in [1.54, 1.807) is 50.4 Å². The van der Waals surface area contributed by atoms with Gasteiger partial charge in [-0.05, 0) is 36.8 Å². The van der Waals surface area contributed by atoms with Crippen molar-refractivity contribution < 1.29 is 19.0 Å². The summed E-state index contributed by atoms with van der Waals surface area (Å²) < 4.78 is 15.8. The van der Waals surface area contributed by atoms with Crippen molar-refractivity contribution in [3.8, 4) is 17.6 Å². The Morgan fingerprint density at radius 2 is 1.87 bits per heavy atom. The van der Waals surface area contributed by atoms with E-state index in [1.165, 1.54) is 0 Å². The number of hydrogen-bond acceptors (Lipinski definition) is 5. The Kier molecular flexibility index (Phi) is 5.59. The second-order valence-electron chi connectivity index (χ2n) is 4.82. The van der Waals surface area contributed by atoms with Crippen molar-refractivity contribution in [3.05, 3.63) is 59.7 Å². The molecule has 0 amide bonds. The van der Waals surface area contributed by atoms with Crippen molar-refractivity contribution in [3.63, 3.8) is 0 Å². The molecule has 118 valence electrons. The number of para-hydroxylation sites is 1. The van der Waals surface area contributed by atoms with E-state index in [2.05, 4.69) is 0 Å².